The van der Waals surface area contributed by atoms with Gasteiger partial charge >= 0.3 is 5.97 Å². The Bertz CT molecular complexity index is 659. The molecule has 24 heavy (non-hydrogen) atoms. The Kier molecular flexibility index (Phi) is 5.39. The minimum absolute atomic E-state index is 0.0101. The summed E-state index contributed by atoms with van der Waals surface area (Å²) in [7, 11) is 1.58. The SMILES string of the molecule is COC1CCC(NC(=O)C(=O)c2cc(C)ccc2C)(C(=O)O)CC1. The second kappa shape index (κ2) is 7.13. The van der Waals surface area contributed by atoms with Gasteiger partial charge in [0.05, 0.1) is 6.10 Å². The van der Waals surface area contributed by atoms with Gasteiger partial charge in [0.2, 0.25) is 5.78 Å². The number of benzene rings is 1. The van der Waals surface area contributed by atoms with Gasteiger partial charge in [0.1, 0.15) is 5.54 Å². The monoisotopic (exact) mass is 333 g/mol. The summed E-state index contributed by atoms with van der Waals surface area (Å²) >= 11 is 0. The number of carboxylic acids is 1. The normalized spacial score (nSPS) is 23.5. The molecule has 1 aromatic rings. The number of carbonyl (C=O) groups is 3. The number of nitrogens with one attached hydrogen (secondary N) is 1. The zero-order chi connectivity index (χ0) is 17.9. The molecule has 1 aliphatic carbocycles. The summed E-state index contributed by atoms with van der Waals surface area (Å²) in [4.78, 5) is 36.5. The summed E-state index contributed by atoms with van der Waals surface area (Å²) in [6, 6.07) is 5.27. The number of carbonyl (C=O) groups excluding carboxylic acids is 2. The lowest BCUT2D eigenvalue weighted by Crippen LogP contribution is -2.58. The van der Waals surface area contributed by atoms with Crippen LogP contribution in [0.5, 0.6) is 0 Å². The van der Waals surface area contributed by atoms with Crippen molar-refractivity contribution < 1.29 is 24.2 Å². The van der Waals surface area contributed by atoms with Crippen LogP contribution in [-0.4, -0.2) is 41.5 Å². The van der Waals surface area contributed by atoms with Crippen molar-refractivity contribution in [2.75, 3.05) is 7.11 Å². The molecule has 0 radical (unpaired) electrons. The van der Waals surface area contributed by atoms with Crippen LogP contribution in [0.1, 0.15) is 47.2 Å². The Hall–Kier alpha value is -2.21. The highest BCUT2D eigenvalue weighted by Gasteiger charge is 2.44. The van der Waals surface area contributed by atoms with Crippen molar-refractivity contribution in [3.63, 3.8) is 0 Å². The molecule has 0 bridgehead atoms. The van der Waals surface area contributed by atoms with E-state index in [0.29, 0.717) is 24.0 Å². The van der Waals surface area contributed by atoms with Gasteiger partial charge in [-0.25, -0.2) is 4.79 Å². The smallest absolute Gasteiger partial charge is 0.329 e. The number of Topliss-reactive ketones (excluding diaryl/α,β-unsaturated/α-hetero) is 1. The first kappa shape index (κ1) is 18.1. The number of ketones is 1. The molecule has 0 aromatic heterocycles. The Morgan fingerprint density at radius 1 is 1.21 bits per heavy atom. The van der Waals surface area contributed by atoms with E-state index in [1.54, 1.807) is 26.2 Å². The van der Waals surface area contributed by atoms with Crippen molar-refractivity contribution in [2.45, 2.75) is 51.2 Å². The van der Waals surface area contributed by atoms with E-state index in [4.69, 9.17) is 4.74 Å². The maximum atomic E-state index is 12.4. The molecule has 6 heteroatoms. The van der Waals surface area contributed by atoms with E-state index in [0.717, 1.165) is 5.56 Å². The van der Waals surface area contributed by atoms with Gasteiger partial charge in [-0.05, 0) is 51.2 Å². The lowest BCUT2D eigenvalue weighted by molar-refractivity contribution is -0.149. The number of aliphatic carboxylic acids is 1. The first-order valence-electron chi connectivity index (χ1n) is 7.99. The van der Waals surface area contributed by atoms with Crippen LogP contribution >= 0.6 is 0 Å². The highest BCUT2D eigenvalue weighted by molar-refractivity contribution is 6.43. The number of rotatable bonds is 5. The Labute approximate surface area is 141 Å². The van der Waals surface area contributed by atoms with Crippen molar-refractivity contribution in [1.29, 1.82) is 0 Å². The molecule has 2 rings (SSSR count). The van der Waals surface area contributed by atoms with Gasteiger partial charge < -0.3 is 15.2 Å². The van der Waals surface area contributed by atoms with Crippen LogP contribution < -0.4 is 5.32 Å². The van der Waals surface area contributed by atoms with Crippen LogP contribution in [-0.2, 0) is 14.3 Å². The van der Waals surface area contributed by atoms with Crippen LogP contribution in [0.25, 0.3) is 0 Å². The standard InChI is InChI=1S/C18H23NO5/c1-11-4-5-12(2)14(10-11)15(20)16(21)19-18(17(22)23)8-6-13(24-3)7-9-18/h4-5,10,13H,6-9H2,1-3H3,(H,19,21)(H,22,23). The molecule has 0 unspecified atom stereocenters. The van der Waals surface area contributed by atoms with Crippen molar-refractivity contribution in [3.8, 4) is 0 Å². The fourth-order valence-corrected chi connectivity index (χ4v) is 3.09. The van der Waals surface area contributed by atoms with Crippen molar-refractivity contribution in [1.82, 2.24) is 5.32 Å². The number of methoxy groups -OCH3 is 1. The van der Waals surface area contributed by atoms with Crippen LogP contribution in [0.4, 0.5) is 0 Å². The number of ether oxygens (including phenoxy) is 1. The van der Waals surface area contributed by atoms with Crippen molar-refractivity contribution in [3.05, 3.63) is 34.9 Å². The molecule has 0 spiro atoms. The molecule has 0 heterocycles. The van der Waals surface area contributed by atoms with Gasteiger partial charge in [-0.15, -0.1) is 0 Å². The van der Waals surface area contributed by atoms with Gasteiger partial charge in [-0.3, -0.25) is 9.59 Å². The molecule has 1 fully saturated rings. The van der Waals surface area contributed by atoms with Crippen molar-refractivity contribution in [2.24, 2.45) is 0 Å². The van der Waals surface area contributed by atoms with Crippen LogP contribution in [0.15, 0.2) is 18.2 Å². The highest BCUT2D eigenvalue weighted by Crippen LogP contribution is 2.30. The van der Waals surface area contributed by atoms with Crippen molar-refractivity contribution >= 4 is 17.7 Å². The van der Waals surface area contributed by atoms with E-state index < -0.39 is 23.2 Å². The number of hydrogen-bond donors (Lipinski definition) is 2. The number of hydrogen-bond acceptors (Lipinski definition) is 4. The Morgan fingerprint density at radius 3 is 2.38 bits per heavy atom. The predicted octanol–water partition coefficient (Wildman–Crippen LogP) is 2.01. The molecule has 0 saturated heterocycles. The molecule has 0 atom stereocenters. The summed E-state index contributed by atoms with van der Waals surface area (Å²) in [5.41, 5.74) is 0.455. The summed E-state index contributed by atoms with van der Waals surface area (Å²) < 4.78 is 5.24. The molecule has 6 nitrogen and oxygen atoms in total. The van der Waals surface area contributed by atoms with Crippen LogP contribution in [0.3, 0.4) is 0 Å². The summed E-state index contributed by atoms with van der Waals surface area (Å²) in [5, 5.41) is 12.1. The first-order chi connectivity index (χ1) is 11.3. The largest absolute Gasteiger partial charge is 0.480 e. The molecule has 1 aromatic carbocycles. The molecule has 1 saturated carbocycles. The molecular weight excluding hydrogens is 310 g/mol. The van der Waals surface area contributed by atoms with E-state index in [-0.39, 0.29) is 18.9 Å². The van der Waals surface area contributed by atoms with E-state index in [1.807, 2.05) is 13.0 Å². The molecule has 130 valence electrons. The average molecular weight is 333 g/mol. The third-order valence-electron chi connectivity index (χ3n) is 4.73. The lowest BCUT2D eigenvalue weighted by Gasteiger charge is -2.36. The third kappa shape index (κ3) is 3.64. The first-order valence-corrected chi connectivity index (χ1v) is 7.99. The zero-order valence-electron chi connectivity index (χ0n) is 14.2. The maximum Gasteiger partial charge on any atom is 0.329 e. The quantitative estimate of drug-likeness (QED) is 0.635. The topological polar surface area (TPSA) is 92.7 Å². The zero-order valence-corrected chi connectivity index (χ0v) is 14.2. The van der Waals surface area contributed by atoms with Gasteiger partial charge in [0.25, 0.3) is 5.91 Å². The fourth-order valence-electron chi connectivity index (χ4n) is 3.09. The molecule has 2 N–H and O–H groups in total. The number of amides is 1. The number of aryl methyl sites for hydroxylation is 2. The van der Waals surface area contributed by atoms with E-state index in [9.17, 15) is 19.5 Å². The highest BCUT2D eigenvalue weighted by atomic mass is 16.5. The van der Waals surface area contributed by atoms with Gasteiger partial charge in [-0.1, -0.05) is 17.7 Å². The minimum Gasteiger partial charge on any atom is -0.480 e. The Morgan fingerprint density at radius 2 is 1.83 bits per heavy atom. The second-order valence-electron chi connectivity index (χ2n) is 6.42. The fraction of sp³-hybridized carbons (Fsp3) is 0.500. The lowest BCUT2D eigenvalue weighted by atomic mass is 9.80. The number of carboxylic acid groups (broad SMARTS) is 1. The van der Waals surface area contributed by atoms with Gasteiger partial charge in [0.15, 0.2) is 0 Å². The van der Waals surface area contributed by atoms with Crippen LogP contribution in [0, 0.1) is 13.8 Å². The van der Waals surface area contributed by atoms with Gasteiger partial charge in [-0.2, -0.15) is 0 Å². The minimum atomic E-state index is -1.40. The van der Waals surface area contributed by atoms with E-state index in [2.05, 4.69) is 5.32 Å². The Balaban J connectivity index is 2.18. The second-order valence-corrected chi connectivity index (χ2v) is 6.42. The molecular formula is C18H23NO5. The molecule has 0 aliphatic heterocycles. The van der Waals surface area contributed by atoms with E-state index in [1.165, 1.54) is 0 Å². The van der Waals surface area contributed by atoms with Crippen LogP contribution in [0.2, 0.25) is 0 Å². The summed E-state index contributed by atoms with van der Waals surface area (Å²) in [5.74, 6) is -2.69. The predicted molar refractivity (Wildman–Crippen MR) is 88.0 cm³/mol. The summed E-state index contributed by atoms with van der Waals surface area (Å²) in [6.07, 6.45) is 1.53. The molecule has 1 amide bonds. The summed E-state index contributed by atoms with van der Waals surface area (Å²) in [6.45, 7) is 3.58. The van der Waals surface area contributed by atoms with E-state index >= 15 is 0 Å². The van der Waals surface area contributed by atoms with Gasteiger partial charge in [0, 0.05) is 12.7 Å². The molecule has 1 aliphatic rings. The maximum absolute atomic E-state index is 12.4. The average Bonchev–Trinajstić information content (AvgIpc) is 2.56. The third-order valence-corrected chi connectivity index (χ3v) is 4.73.